The van der Waals surface area contributed by atoms with E-state index in [1.807, 2.05) is 49.2 Å². The van der Waals surface area contributed by atoms with Crippen LogP contribution in [0.1, 0.15) is 23.6 Å². The smallest absolute Gasteiger partial charge is 0.133 e. The Morgan fingerprint density at radius 1 is 1.07 bits per heavy atom. The third-order valence-electron chi connectivity index (χ3n) is 5.25. The van der Waals surface area contributed by atoms with Crippen LogP contribution in [0.25, 0.3) is 28.5 Å². The minimum absolute atomic E-state index is 0.403. The number of allylic oxidation sites excluding steroid dienone is 1. The number of aromatic nitrogens is 5. The maximum atomic E-state index is 6.04. The van der Waals surface area contributed by atoms with Crippen molar-refractivity contribution in [2.75, 3.05) is 0 Å². The molecule has 0 amide bonds. The molecule has 0 spiro atoms. The molecule has 0 saturated carbocycles. The highest BCUT2D eigenvalue weighted by molar-refractivity contribution is 5.65. The summed E-state index contributed by atoms with van der Waals surface area (Å²) >= 11 is 0. The van der Waals surface area contributed by atoms with E-state index < -0.39 is 0 Å². The van der Waals surface area contributed by atoms with Gasteiger partial charge in [0, 0.05) is 49.0 Å². The van der Waals surface area contributed by atoms with Crippen molar-refractivity contribution in [3.8, 4) is 28.1 Å². The zero-order valence-electron chi connectivity index (χ0n) is 17.1. The van der Waals surface area contributed by atoms with Crippen LogP contribution in [0.4, 0.5) is 0 Å². The fourth-order valence-corrected chi connectivity index (χ4v) is 3.75. The third kappa shape index (κ3) is 3.64. The number of ether oxygens (including phenoxy) is 1. The number of fused-ring (bicyclic) bond motifs is 1. The van der Waals surface area contributed by atoms with Crippen molar-refractivity contribution in [2.24, 2.45) is 7.05 Å². The van der Waals surface area contributed by atoms with Gasteiger partial charge in [0.05, 0.1) is 5.69 Å². The van der Waals surface area contributed by atoms with Crippen molar-refractivity contribution in [1.82, 2.24) is 24.3 Å². The molecule has 4 heterocycles. The van der Waals surface area contributed by atoms with E-state index in [9.17, 15) is 0 Å². The van der Waals surface area contributed by atoms with Gasteiger partial charge >= 0.3 is 0 Å². The molecule has 0 bridgehead atoms. The van der Waals surface area contributed by atoms with Gasteiger partial charge in [-0.25, -0.2) is 4.98 Å². The van der Waals surface area contributed by atoms with E-state index in [1.165, 1.54) is 0 Å². The number of rotatable bonds is 5. The second kappa shape index (κ2) is 7.63. The summed E-state index contributed by atoms with van der Waals surface area (Å²) < 4.78 is 10.1. The molecule has 0 radical (unpaired) electrons. The Morgan fingerprint density at radius 3 is 2.73 bits per heavy atom. The monoisotopic (exact) mass is 397 g/mol. The molecule has 5 rings (SSSR count). The summed E-state index contributed by atoms with van der Waals surface area (Å²) in [6.45, 7) is 3.38. The van der Waals surface area contributed by atoms with Crippen LogP contribution in [0, 0.1) is 6.92 Å². The topological polar surface area (TPSA) is 57.8 Å². The van der Waals surface area contributed by atoms with Gasteiger partial charge in [-0.15, -0.1) is 0 Å². The first-order chi connectivity index (χ1) is 14.7. The maximum absolute atomic E-state index is 6.04. The van der Waals surface area contributed by atoms with Crippen molar-refractivity contribution in [3.05, 3.63) is 78.3 Å². The van der Waals surface area contributed by atoms with Crippen molar-refractivity contribution >= 4 is 6.08 Å². The second-order valence-electron chi connectivity index (χ2n) is 7.53. The van der Waals surface area contributed by atoms with Crippen LogP contribution in [0.2, 0.25) is 0 Å². The van der Waals surface area contributed by atoms with Gasteiger partial charge in [0.2, 0.25) is 0 Å². The lowest BCUT2D eigenvalue weighted by molar-refractivity contribution is 0.300. The molecule has 4 aromatic rings. The Labute approximate surface area is 175 Å². The minimum atomic E-state index is 0.403. The maximum Gasteiger partial charge on any atom is 0.133 e. The van der Waals surface area contributed by atoms with Gasteiger partial charge in [-0.3, -0.25) is 9.67 Å². The van der Waals surface area contributed by atoms with Gasteiger partial charge in [-0.05, 0) is 61.4 Å². The molecule has 0 saturated heterocycles. The Balaban J connectivity index is 1.32. The van der Waals surface area contributed by atoms with E-state index in [0.717, 1.165) is 58.3 Å². The van der Waals surface area contributed by atoms with Crippen LogP contribution in [-0.2, 0) is 20.2 Å². The average molecular weight is 397 g/mol. The number of nitrogens with zero attached hydrogens (tertiary/aromatic N) is 5. The lowest BCUT2D eigenvalue weighted by Crippen LogP contribution is -2.01. The summed E-state index contributed by atoms with van der Waals surface area (Å²) in [5, 5.41) is 4.59. The number of benzene rings is 1. The predicted octanol–water partition coefficient (Wildman–Crippen LogP) is 4.65. The van der Waals surface area contributed by atoms with Crippen molar-refractivity contribution in [1.29, 1.82) is 0 Å². The summed E-state index contributed by atoms with van der Waals surface area (Å²) in [6, 6.07) is 12.2. The van der Waals surface area contributed by atoms with Crippen molar-refractivity contribution in [2.45, 2.75) is 26.5 Å². The van der Waals surface area contributed by atoms with E-state index in [-0.39, 0.29) is 0 Å². The van der Waals surface area contributed by atoms with Crippen LogP contribution in [-0.4, -0.2) is 24.3 Å². The van der Waals surface area contributed by atoms with Gasteiger partial charge in [-0.1, -0.05) is 6.08 Å². The van der Waals surface area contributed by atoms with E-state index >= 15 is 0 Å². The van der Waals surface area contributed by atoms with E-state index in [2.05, 4.69) is 51.2 Å². The molecule has 0 aliphatic carbocycles. The van der Waals surface area contributed by atoms with Crippen LogP contribution in [0.15, 0.2) is 61.1 Å². The summed E-state index contributed by atoms with van der Waals surface area (Å²) in [4.78, 5) is 9.00. The molecule has 6 nitrogen and oxygen atoms in total. The molecule has 1 aromatic carbocycles. The summed E-state index contributed by atoms with van der Waals surface area (Å²) in [6.07, 6.45) is 11.3. The first kappa shape index (κ1) is 18.4. The molecule has 30 heavy (non-hydrogen) atoms. The van der Waals surface area contributed by atoms with E-state index in [4.69, 9.17) is 9.72 Å². The molecule has 3 aromatic heterocycles. The molecule has 1 aliphatic rings. The first-order valence-electron chi connectivity index (χ1n) is 10.1. The van der Waals surface area contributed by atoms with Gasteiger partial charge in [0.15, 0.2) is 0 Å². The lowest BCUT2D eigenvalue weighted by atomic mass is 10.1. The Bertz CT molecular complexity index is 1220. The SMILES string of the molecule is Cc1cc(-c2cn(C)nc2COc2ccc(-c3cn4c(n3)C=CCC4)cc2)ccn1. The number of imidazole rings is 1. The lowest BCUT2D eigenvalue weighted by Gasteiger charge is -2.07. The van der Waals surface area contributed by atoms with E-state index in [1.54, 1.807) is 0 Å². The number of aryl methyl sites for hydroxylation is 3. The van der Waals surface area contributed by atoms with E-state index in [0.29, 0.717) is 6.61 Å². The van der Waals surface area contributed by atoms with Gasteiger partial charge in [0.25, 0.3) is 0 Å². The Morgan fingerprint density at radius 2 is 1.93 bits per heavy atom. The van der Waals surface area contributed by atoms with Crippen LogP contribution < -0.4 is 4.74 Å². The van der Waals surface area contributed by atoms with Crippen LogP contribution in [0.5, 0.6) is 5.75 Å². The molecule has 0 fully saturated rings. The Kier molecular flexibility index (Phi) is 4.67. The number of pyridine rings is 1. The highest BCUT2D eigenvalue weighted by Gasteiger charge is 2.12. The predicted molar refractivity (Wildman–Crippen MR) is 117 cm³/mol. The third-order valence-corrected chi connectivity index (χ3v) is 5.25. The Hall–Kier alpha value is -3.67. The van der Waals surface area contributed by atoms with Crippen LogP contribution >= 0.6 is 0 Å². The number of hydrogen-bond donors (Lipinski definition) is 0. The fourth-order valence-electron chi connectivity index (χ4n) is 3.75. The van der Waals surface area contributed by atoms with Gasteiger partial charge in [-0.2, -0.15) is 5.10 Å². The molecule has 0 atom stereocenters. The molecule has 150 valence electrons. The molecular weight excluding hydrogens is 374 g/mol. The molecule has 1 aliphatic heterocycles. The highest BCUT2D eigenvalue weighted by atomic mass is 16.5. The van der Waals surface area contributed by atoms with Gasteiger partial charge < -0.3 is 9.30 Å². The molecule has 0 N–H and O–H groups in total. The summed E-state index contributed by atoms with van der Waals surface area (Å²) in [5.74, 6) is 1.83. The molecular formula is C24H23N5O. The standard InChI is InChI=1S/C24H23N5O/c1-17-13-19(10-11-25-17)21-14-28(2)27-23(21)16-30-20-8-6-18(7-9-20)22-15-29-12-4-3-5-24(29)26-22/h3,5-11,13-15H,4,12,16H2,1-2H3. The normalized spacial score (nSPS) is 12.7. The fraction of sp³-hybridized carbons (Fsp3) is 0.208. The highest BCUT2D eigenvalue weighted by Crippen LogP contribution is 2.26. The number of hydrogen-bond acceptors (Lipinski definition) is 4. The minimum Gasteiger partial charge on any atom is -0.487 e. The van der Waals surface area contributed by atoms with Crippen molar-refractivity contribution in [3.63, 3.8) is 0 Å². The second-order valence-corrected chi connectivity index (χ2v) is 7.53. The summed E-state index contributed by atoms with van der Waals surface area (Å²) in [7, 11) is 1.93. The largest absolute Gasteiger partial charge is 0.487 e. The summed E-state index contributed by atoms with van der Waals surface area (Å²) in [5.41, 5.74) is 6.13. The zero-order valence-corrected chi connectivity index (χ0v) is 17.1. The molecule has 6 heteroatoms. The quantitative estimate of drug-likeness (QED) is 0.492. The average Bonchev–Trinajstić information content (AvgIpc) is 3.36. The van der Waals surface area contributed by atoms with Gasteiger partial charge in [0.1, 0.15) is 23.9 Å². The van der Waals surface area contributed by atoms with Crippen LogP contribution in [0.3, 0.4) is 0 Å². The zero-order chi connectivity index (χ0) is 20.5. The first-order valence-corrected chi connectivity index (χ1v) is 10.1. The van der Waals surface area contributed by atoms with Crippen molar-refractivity contribution < 1.29 is 4.74 Å². The molecule has 0 unspecified atom stereocenters.